The van der Waals surface area contributed by atoms with Gasteiger partial charge in [-0.3, -0.25) is 4.79 Å². The number of hydrogen-bond acceptors (Lipinski definition) is 3. The zero-order valence-corrected chi connectivity index (χ0v) is 10.4. The zero-order chi connectivity index (χ0) is 13.1. The molecule has 1 saturated carbocycles. The molecule has 5 nitrogen and oxygen atoms in total. The maximum Gasteiger partial charge on any atom is 0.352 e. The number of nitrogens with one attached hydrogen (secondary N) is 1. The zero-order valence-electron chi connectivity index (χ0n) is 10.4. The van der Waals surface area contributed by atoms with E-state index in [0.29, 0.717) is 13.0 Å². The summed E-state index contributed by atoms with van der Waals surface area (Å²) >= 11 is 0. The molecule has 1 amide bonds. The Balaban J connectivity index is 2.53. The summed E-state index contributed by atoms with van der Waals surface area (Å²) in [5.74, 6) is -1.40. The SMILES string of the molecule is COCC/C=C(\NC(=O)C1CC1(C)C)C(=O)O. The molecule has 0 aromatic carbocycles. The first-order chi connectivity index (χ1) is 7.88. The maximum atomic E-state index is 11.7. The molecule has 0 aromatic heterocycles. The average Bonchev–Trinajstić information content (AvgIpc) is 2.86. The van der Waals surface area contributed by atoms with Crippen LogP contribution in [0.5, 0.6) is 0 Å². The lowest BCUT2D eigenvalue weighted by atomic mass is 10.1. The molecule has 0 spiro atoms. The number of hydrogen-bond donors (Lipinski definition) is 2. The number of carbonyl (C=O) groups excluding carboxylic acids is 1. The summed E-state index contributed by atoms with van der Waals surface area (Å²) in [7, 11) is 1.54. The fourth-order valence-corrected chi connectivity index (χ4v) is 1.65. The van der Waals surface area contributed by atoms with Gasteiger partial charge in [0.05, 0.1) is 0 Å². The summed E-state index contributed by atoms with van der Waals surface area (Å²) < 4.78 is 4.82. The van der Waals surface area contributed by atoms with Gasteiger partial charge in [0.1, 0.15) is 5.70 Å². The van der Waals surface area contributed by atoms with Crippen LogP contribution >= 0.6 is 0 Å². The topological polar surface area (TPSA) is 75.6 Å². The molecule has 1 unspecified atom stereocenters. The summed E-state index contributed by atoms with van der Waals surface area (Å²) in [5.41, 5.74) is -0.0602. The van der Waals surface area contributed by atoms with Gasteiger partial charge in [-0.2, -0.15) is 0 Å². The summed E-state index contributed by atoms with van der Waals surface area (Å²) in [6.45, 7) is 4.42. The van der Waals surface area contributed by atoms with Gasteiger partial charge in [-0.25, -0.2) is 4.79 Å². The van der Waals surface area contributed by atoms with Gasteiger partial charge in [-0.1, -0.05) is 19.9 Å². The molecule has 0 radical (unpaired) electrons. The summed E-state index contributed by atoms with van der Waals surface area (Å²) in [6.07, 6.45) is 2.75. The van der Waals surface area contributed by atoms with E-state index in [-0.39, 0.29) is 22.9 Å². The fourth-order valence-electron chi connectivity index (χ4n) is 1.65. The Morgan fingerprint density at radius 1 is 1.53 bits per heavy atom. The van der Waals surface area contributed by atoms with Gasteiger partial charge in [0.15, 0.2) is 0 Å². The van der Waals surface area contributed by atoms with Crippen molar-refractivity contribution in [2.45, 2.75) is 26.7 Å². The van der Waals surface area contributed by atoms with Crippen molar-refractivity contribution >= 4 is 11.9 Å². The van der Waals surface area contributed by atoms with E-state index in [1.165, 1.54) is 6.08 Å². The summed E-state index contributed by atoms with van der Waals surface area (Å²) in [4.78, 5) is 22.6. The maximum absolute atomic E-state index is 11.7. The van der Waals surface area contributed by atoms with Crippen LogP contribution in [0.4, 0.5) is 0 Å². The van der Waals surface area contributed by atoms with Crippen LogP contribution in [0.3, 0.4) is 0 Å². The third-order valence-electron chi connectivity index (χ3n) is 2.99. The third-order valence-corrected chi connectivity index (χ3v) is 2.99. The van der Waals surface area contributed by atoms with Crippen LogP contribution in [0.25, 0.3) is 0 Å². The van der Waals surface area contributed by atoms with Gasteiger partial charge in [-0.15, -0.1) is 0 Å². The van der Waals surface area contributed by atoms with Crippen molar-refractivity contribution in [2.24, 2.45) is 11.3 Å². The van der Waals surface area contributed by atoms with E-state index in [0.717, 1.165) is 6.42 Å². The van der Waals surface area contributed by atoms with E-state index in [4.69, 9.17) is 9.84 Å². The molecular formula is C12H19NO4. The highest BCUT2D eigenvalue weighted by molar-refractivity contribution is 5.94. The summed E-state index contributed by atoms with van der Waals surface area (Å²) in [5, 5.41) is 11.4. The number of carboxylic acid groups (broad SMARTS) is 1. The van der Waals surface area contributed by atoms with E-state index in [1.54, 1.807) is 7.11 Å². The molecule has 1 aliphatic rings. The monoisotopic (exact) mass is 241 g/mol. The molecule has 0 aromatic rings. The van der Waals surface area contributed by atoms with Crippen LogP contribution in [-0.2, 0) is 14.3 Å². The molecule has 1 rings (SSSR count). The second kappa shape index (κ2) is 5.31. The minimum atomic E-state index is -1.12. The van der Waals surface area contributed by atoms with Gasteiger partial charge >= 0.3 is 5.97 Å². The number of carbonyl (C=O) groups is 2. The molecular weight excluding hydrogens is 222 g/mol. The second-order valence-corrected chi connectivity index (χ2v) is 4.94. The molecule has 0 saturated heterocycles. The van der Waals surface area contributed by atoms with Crippen molar-refractivity contribution in [3.63, 3.8) is 0 Å². The molecule has 0 bridgehead atoms. The predicted octanol–water partition coefficient (Wildman–Crippen LogP) is 1.15. The van der Waals surface area contributed by atoms with Crippen LogP contribution in [0.1, 0.15) is 26.7 Å². The first-order valence-electron chi connectivity index (χ1n) is 5.61. The number of carboxylic acids is 1. The van der Waals surface area contributed by atoms with Gasteiger partial charge in [-0.05, 0) is 18.3 Å². The van der Waals surface area contributed by atoms with E-state index >= 15 is 0 Å². The molecule has 2 N–H and O–H groups in total. The van der Waals surface area contributed by atoms with Crippen molar-refractivity contribution in [3.8, 4) is 0 Å². The lowest BCUT2D eigenvalue weighted by Gasteiger charge is -2.07. The normalized spacial score (nSPS) is 22.1. The Morgan fingerprint density at radius 3 is 2.53 bits per heavy atom. The fraction of sp³-hybridized carbons (Fsp3) is 0.667. The smallest absolute Gasteiger partial charge is 0.352 e. The number of aliphatic carboxylic acids is 1. The minimum Gasteiger partial charge on any atom is -0.477 e. The molecule has 0 heterocycles. The first kappa shape index (κ1) is 13.7. The molecule has 1 fully saturated rings. The predicted molar refractivity (Wildman–Crippen MR) is 62.2 cm³/mol. The van der Waals surface area contributed by atoms with E-state index in [1.807, 2.05) is 13.8 Å². The van der Waals surface area contributed by atoms with E-state index in [2.05, 4.69) is 5.32 Å². The average molecular weight is 241 g/mol. The van der Waals surface area contributed by atoms with Crippen molar-refractivity contribution in [3.05, 3.63) is 11.8 Å². The van der Waals surface area contributed by atoms with Gasteiger partial charge in [0, 0.05) is 19.6 Å². The Labute approximate surface area is 101 Å². The van der Waals surface area contributed by atoms with Gasteiger partial charge < -0.3 is 15.2 Å². The minimum absolute atomic E-state index is 0.000225. The van der Waals surface area contributed by atoms with Crippen LogP contribution in [-0.4, -0.2) is 30.7 Å². The third kappa shape index (κ3) is 3.85. The van der Waals surface area contributed by atoms with E-state index < -0.39 is 5.97 Å². The van der Waals surface area contributed by atoms with Crippen LogP contribution in [0, 0.1) is 11.3 Å². The number of amides is 1. The van der Waals surface area contributed by atoms with Crippen LogP contribution in [0.2, 0.25) is 0 Å². The van der Waals surface area contributed by atoms with Gasteiger partial charge in [0.2, 0.25) is 5.91 Å². The molecule has 96 valence electrons. The highest BCUT2D eigenvalue weighted by atomic mass is 16.5. The van der Waals surface area contributed by atoms with Crippen LogP contribution < -0.4 is 5.32 Å². The lowest BCUT2D eigenvalue weighted by Crippen LogP contribution is -2.29. The highest BCUT2D eigenvalue weighted by Gasteiger charge is 2.50. The van der Waals surface area contributed by atoms with E-state index in [9.17, 15) is 9.59 Å². The number of ether oxygens (including phenoxy) is 1. The van der Waals surface area contributed by atoms with Crippen molar-refractivity contribution < 1.29 is 19.4 Å². The Kier molecular flexibility index (Phi) is 4.28. The molecule has 1 atom stereocenters. The Morgan fingerprint density at radius 2 is 2.12 bits per heavy atom. The molecule has 5 heteroatoms. The Bertz CT molecular complexity index is 346. The molecule has 1 aliphatic carbocycles. The standard InChI is InChI=1S/C12H19NO4/c1-12(2)7-8(12)10(14)13-9(11(15)16)5-4-6-17-3/h5,8H,4,6-7H2,1-3H3,(H,13,14)(H,15,16)/b9-5-. The van der Waals surface area contributed by atoms with Gasteiger partial charge in [0.25, 0.3) is 0 Å². The molecule has 0 aliphatic heterocycles. The highest BCUT2D eigenvalue weighted by Crippen LogP contribution is 2.51. The van der Waals surface area contributed by atoms with Crippen molar-refractivity contribution in [1.82, 2.24) is 5.32 Å². The summed E-state index contributed by atoms with van der Waals surface area (Å²) in [6, 6.07) is 0. The van der Waals surface area contributed by atoms with Crippen molar-refractivity contribution in [2.75, 3.05) is 13.7 Å². The van der Waals surface area contributed by atoms with Crippen LogP contribution in [0.15, 0.2) is 11.8 Å². The lowest BCUT2D eigenvalue weighted by molar-refractivity contribution is -0.135. The second-order valence-electron chi connectivity index (χ2n) is 4.94. The quantitative estimate of drug-likeness (QED) is 0.540. The first-order valence-corrected chi connectivity index (χ1v) is 5.61. The molecule has 17 heavy (non-hydrogen) atoms. The Hall–Kier alpha value is -1.36. The number of methoxy groups -OCH3 is 1. The van der Waals surface area contributed by atoms with Crippen molar-refractivity contribution in [1.29, 1.82) is 0 Å². The largest absolute Gasteiger partial charge is 0.477 e. The number of rotatable bonds is 6.